The van der Waals surface area contributed by atoms with Gasteiger partial charge in [-0.25, -0.2) is 4.79 Å². The lowest BCUT2D eigenvalue weighted by molar-refractivity contribution is -0.146. The largest absolute Gasteiger partial charge is 0.493 e. The summed E-state index contributed by atoms with van der Waals surface area (Å²) in [5, 5.41) is 15.5. The Hall–Kier alpha value is -3.81. The van der Waals surface area contributed by atoms with Crippen molar-refractivity contribution in [3.63, 3.8) is 0 Å². The fraction of sp³-hybridized carbons (Fsp3) is 0.370. The van der Waals surface area contributed by atoms with Gasteiger partial charge in [0.1, 0.15) is 5.54 Å². The van der Waals surface area contributed by atoms with Crippen molar-refractivity contribution in [3.05, 3.63) is 59.9 Å². The van der Waals surface area contributed by atoms with E-state index >= 15 is 0 Å². The lowest BCUT2D eigenvalue weighted by Crippen LogP contribution is -2.51. The summed E-state index contributed by atoms with van der Waals surface area (Å²) in [6.45, 7) is 2.98. The Morgan fingerprint density at radius 1 is 1.03 bits per heavy atom. The molecule has 2 amide bonds. The van der Waals surface area contributed by atoms with Crippen LogP contribution in [0.1, 0.15) is 61.6 Å². The molecule has 1 aliphatic carbocycles. The van der Waals surface area contributed by atoms with Crippen molar-refractivity contribution in [2.45, 2.75) is 51.0 Å². The molecule has 2 aromatic carbocycles. The molecule has 1 aliphatic rings. The monoisotopic (exact) mass is 478 g/mol. The number of carbonyl (C=O) groups is 3. The van der Waals surface area contributed by atoms with Crippen molar-refractivity contribution >= 4 is 34.4 Å². The molecule has 1 fully saturated rings. The van der Waals surface area contributed by atoms with E-state index in [0.717, 1.165) is 23.8 Å². The number of ether oxygens (including phenoxy) is 1. The predicted molar refractivity (Wildman–Crippen MR) is 132 cm³/mol. The van der Waals surface area contributed by atoms with Crippen LogP contribution in [-0.2, 0) is 9.59 Å². The average molecular weight is 479 g/mol. The van der Waals surface area contributed by atoms with Crippen molar-refractivity contribution in [3.8, 4) is 5.75 Å². The zero-order valence-electron chi connectivity index (χ0n) is 20.1. The molecule has 0 aliphatic heterocycles. The summed E-state index contributed by atoms with van der Waals surface area (Å²) in [6.07, 6.45) is 3.11. The van der Waals surface area contributed by atoms with Gasteiger partial charge in [0.05, 0.1) is 7.11 Å². The van der Waals surface area contributed by atoms with Gasteiger partial charge < -0.3 is 24.9 Å². The average Bonchev–Trinajstić information content (AvgIpc) is 3.29. The highest BCUT2D eigenvalue weighted by Crippen LogP contribution is 2.36. The molecule has 4 rings (SSSR count). The third kappa shape index (κ3) is 5.31. The first-order chi connectivity index (χ1) is 16.7. The molecule has 1 heterocycles. The van der Waals surface area contributed by atoms with E-state index in [2.05, 4.69) is 10.6 Å². The topological polar surface area (TPSA) is 118 Å². The minimum absolute atomic E-state index is 0.175. The summed E-state index contributed by atoms with van der Waals surface area (Å²) in [6, 6.07) is 14.9. The van der Waals surface area contributed by atoms with Gasteiger partial charge in [0.25, 0.3) is 5.91 Å². The van der Waals surface area contributed by atoms with Gasteiger partial charge in [-0.1, -0.05) is 24.3 Å². The second-order valence-electron chi connectivity index (χ2n) is 9.53. The number of aliphatic carboxylic acids is 1. The number of hydrogen-bond acceptors (Lipinski definition) is 5. The lowest BCUT2D eigenvalue weighted by Gasteiger charge is -2.30. The molecule has 1 aromatic heterocycles. The molecule has 1 saturated carbocycles. The third-order valence-corrected chi connectivity index (χ3v) is 6.66. The Morgan fingerprint density at radius 2 is 1.71 bits per heavy atom. The minimum Gasteiger partial charge on any atom is -0.493 e. The van der Waals surface area contributed by atoms with Crippen LogP contribution in [0.5, 0.6) is 5.75 Å². The molecular formula is C27H30N2O6. The summed E-state index contributed by atoms with van der Waals surface area (Å²) in [4.78, 5) is 36.4. The van der Waals surface area contributed by atoms with E-state index in [4.69, 9.17) is 9.15 Å². The molecule has 0 bridgehead atoms. The van der Waals surface area contributed by atoms with E-state index in [0.29, 0.717) is 35.8 Å². The van der Waals surface area contributed by atoms with Gasteiger partial charge >= 0.3 is 5.97 Å². The standard InChI is InChI=1S/C27H30N2O6/c1-27(2,26(32)33)29-24(30)18-9-7-16(8-10-18)17-11-13-20(14-12-17)28-25(31)22-15-19-5-4-6-21(34-3)23(19)35-22/h4-6,11-16,18H,7-10H2,1-3H3,(H,28,31)(H,29,30)(H,32,33). The zero-order valence-corrected chi connectivity index (χ0v) is 20.1. The highest BCUT2D eigenvalue weighted by molar-refractivity contribution is 6.05. The van der Waals surface area contributed by atoms with Crippen LogP contribution in [0.2, 0.25) is 0 Å². The molecular weight excluding hydrogens is 448 g/mol. The van der Waals surface area contributed by atoms with E-state index in [9.17, 15) is 19.5 Å². The van der Waals surface area contributed by atoms with Gasteiger partial charge in [-0.05, 0) is 75.3 Å². The number of hydrogen-bond donors (Lipinski definition) is 3. The predicted octanol–water partition coefficient (Wildman–Crippen LogP) is 4.95. The van der Waals surface area contributed by atoms with Gasteiger partial charge in [-0.3, -0.25) is 9.59 Å². The fourth-order valence-electron chi connectivity index (χ4n) is 4.49. The normalized spacial score (nSPS) is 18.1. The highest BCUT2D eigenvalue weighted by atomic mass is 16.5. The zero-order chi connectivity index (χ0) is 25.2. The number of anilines is 1. The van der Waals surface area contributed by atoms with E-state index in [-0.39, 0.29) is 23.5 Å². The number of carbonyl (C=O) groups excluding carboxylic acids is 2. The SMILES string of the molecule is COc1cccc2cc(C(=O)Nc3ccc(C4CCC(C(=O)NC(C)(C)C(=O)O)CC4)cc3)oc12. The van der Waals surface area contributed by atoms with Gasteiger partial charge in [-0.2, -0.15) is 0 Å². The van der Waals surface area contributed by atoms with Crippen LogP contribution in [0.3, 0.4) is 0 Å². The molecule has 0 radical (unpaired) electrons. The minimum atomic E-state index is -1.28. The number of carboxylic acids is 1. The van der Waals surface area contributed by atoms with Crippen molar-refractivity contribution in [1.29, 1.82) is 0 Å². The molecule has 3 aromatic rings. The second-order valence-corrected chi connectivity index (χ2v) is 9.53. The Bertz CT molecular complexity index is 1240. The Balaban J connectivity index is 1.34. The lowest BCUT2D eigenvalue weighted by atomic mass is 9.78. The van der Waals surface area contributed by atoms with Gasteiger partial charge in [0.2, 0.25) is 5.91 Å². The van der Waals surface area contributed by atoms with E-state index in [1.807, 2.05) is 36.4 Å². The first-order valence-corrected chi connectivity index (χ1v) is 11.7. The molecule has 0 spiro atoms. The third-order valence-electron chi connectivity index (χ3n) is 6.66. The fourth-order valence-corrected chi connectivity index (χ4v) is 4.49. The Labute approximate surface area is 203 Å². The molecule has 8 nitrogen and oxygen atoms in total. The van der Waals surface area contributed by atoms with Crippen LogP contribution in [0.15, 0.2) is 52.9 Å². The first-order valence-electron chi connectivity index (χ1n) is 11.7. The van der Waals surface area contributed by atoms with Crippen LogP contribution in [0.25, 0.3) is 11.0 Å². The quantitative estimate of drug-likeness (QED) is 0.442. The number of benzene rings is 2. The van der Waals surface area contributed by atoms with Gasteiger partial charge in [-0.15, -0.1) is 0 Å². The maximum atomic E-state index is 12.7. The molecule has 3 N–H and O–H groups in total. The van der Waals surface area contributed by atoms with Crippen LogP contribution in [-0.4, -0.2) is 35.5 Å². The Kier molecular flexibility index (Phi) is 6.82. The summed E-state index contributed by atoms with van der Waals surface area (Å²) in [7, 11) is 1.56. The second kappa shape index (κ2) is 9.82. The van der Waals surface area contributed by atoms with Crippen LogP contribution >= 0.6 is 0 Å². The van der Waals surface area contributed by atoms with Crippen molar-refractivity contribution in [2.24, 2.45) is 5.92 Å². The molecule has 8 heteroatoms. The van der Waals surface area contributed by atoms with Crippen molar-refractivity contribution in [1.82, 2.24) is 5.32 Å². The molecule has 0 unspecified atom stereocenters. The number of rotatable bonds is 7. The maximum Gasteiger partial charge on any atom is 0.328 e. The summed E-state index contributed by atoms with van der Waals surface area (Å²) in [5.74, 6) is -0.666. The number of methoxy groups -OCH3 is 1. The van der Waals surface area contributed by atoms with Crippen molar-refractivity contribution in [2.75, 3.05) is 12.4 Å². The number of amides is 2. The number of nitrogens with one attached hydrogen (secondary N) is 2. The molecule has 184 valence electrons. The number of furan rings is 1. The number of para-hydroxylation sites is 1. The first kappa shape index (κ1) is 24.3. The maximum absolute atomic E-state index is 12.7. The van der Waals surface area contributed by atoms with Gasteiger partial charge in [0, 0.05) is 17.0 Å². The number of fused-ring (bicyclic) bond motifs is 1. The summed E-state index contributed by atoms with van der Waals surface area (Å²) in [5.41, 5.74) is 1.07. The van der Waals surface area contributed by atoms with Crippen molar-refractivity contribution < 1.29 is 28.6 Å². The molecule has 35 heavy (non-hydrogen) atoms. The van der Waals surface area contributed by atoms with E-state index in [1.54, 1.807) is 19.2 Å². The van der Waals surface area contributed by atoms with Crippen LogP contribution < -0.4 is 15.4 Å². The Morgan fingerprint density at radius 3 is 2.34 bits per heavy atom. The van der Waals surface area contributed by atoms with E-state index < -0.39 is 11.5 Å². The highest BCUT2D eigenvalue weighted by Gasteiger charge is 2.33. The molecule has 0 saturated heterocycles. The van der Waals surface area contributed by atoms with Gasteiger partial charge in [0.15, 0.2) is 17.1 Å². The molecule has 0 atom stereocenters. The van der Waals surface area contributed by atoms with Crippen LogP contribution in [0, 0.1) is 5.92 Å². The van der Waals surface area contributed by atoms with Crippen LogP contribution in [0.4, 0.5) is 5.69 Å². The summed E-state index contributed by atoms with van der Waals surface area (Å²) >= 11 is 0. The smallest absolute Gasteiger partial charge is 0.328 e. The number of carboxylic acid groups (broad SMARTS) is 1. The summed E-state index contributed by atoms with van der Waals surface area (Å²) < 4.78 is 11.0. The van der Waals surface area contributed by atoms with E-state index in [1.165, 1.54) is 13.8 Å².